The molecule has 3 rings (SSSR count). The molecule has 2 aromatic carbocycles. The number of carbonyl (C=O) groups is 2. The number of halogens is 2. The minimum absolute atomic E-state index is 0.0944. The van der Waals surface area contributed by atoms with Gasteiger partial charge in [-0.3, -0.25) is 9.59 Å². The van der Waals surface area contributed by atoms with Crippen LogP contribution in [0.1, 0.15) is 28.7 Å². The standard InChI is InChI=1S/C22H23F2NO5/c1-28-19-10-15(6-8-18(19)30-22(23)24)12-25-20(26)13-29-21(27)11-14-5-7-16-3-2-4-17(16)9-14/h5-10,22H,2-4,11-13H2,1H3,(H,25,26). The van der Waals surface area contributed by atoms with Gasteiger partial charge in [-0.1, -0.05) is 24.3 Å². The molecule has 160 valence electrons. The largest absolute Gasteiger partial charge is 0.493 e. The molecule has 1 aliphatic carbocycles. The van der Waals surface area contributed by atoms with Crippen LogP contribution in [0, 0.1) is 0 Å². The van der Waals surface area contributed by atoms with Gasteiger partial charge in [0.2, 0.25) is 0 Å². The van der Waals surface area contributed by atoms with Gasteiger partial charge in [-0.15, -0.1) is 0 Å². The van der Waals surface area contributed by atoms with Gasteiger partial charge in [-0.05, 0) is 53.6 Å². The number of benzene rings is 2. The molecule has 0 radical (unpaired) electrons. The van der Waals surface area contributed by atoms with Crippen molar-refractivity contribution in [2.45, 2.75) is 38.8 Å². The maximum atomic E-state index is 12.4. The van der Waals surface area contributed by atoms with E-state index >= 15 is 0 Å². The number of ether oxygens (including phenoxy) is 3. The van der Waals surface area contributed by atoms with E-state index in [1.165, 1.54) is 36.4 Å². The second kappa shape index (κ2) is 10.0. The molecule has 0 bridgehead atoms. The van der Waals surface area contributed by atoms with Crippen molar-refractivity contribution in [1.29, 1.82) is 0 Å². The minimum Gasteiger partial charge on any atom is -0.493 e. The predicted molar refractivity (Wildman–Crippen MR) is 105 cm³/mol. The first-order valence-corrected chi connectivity index (χ1v) is 9.59. The first kappa shape index (κ1) is 21.5. The quantitative estimate of drug-likeness (QED) is 0.632. The topological polar surface area (TPSA) is 73.9 Å². The van der Waals surface area contributed by atoms with Gasteiger partial charge >= 0.3 is 12.6 Å². The lowest BCUT2D eigenvalue weighted by Gasteiger charge is -2.12. The van der Waals surface area contributed by atoms with Crippen LogP contribution in [-0.4, -0.2) is 32.2 Å². The lowest BCUT2D eigenvalue weighted by Crippen LogP contribution is -2.28. The summed E-state index contributed by atoms with van der Waals surface area (Å²) in [4.78, 5) is 24.0. The molecule has 1 N–H and O–H groups in total. The number of aryl methyl sites for hydroxylation is 2. The fourth-order valence-electron chi connectivity index (χ4n) is 3.37. The van der Waals surface area contributed by atoms with Crippen LogP contribution in [-0.2, 0) is 40.1 Å². The van der Waals surface area contributed by atoms with Crippen molar-refractivity contribution < 1.29 is 32.6 Å². The monoisotopic (exact) mass is 419 g/mol. The zero-order chi connectivity index (χ0) is 21.5. The van der Waals surface area contributed by atoms with Crippen molar-refractivity contribution in [2.75, 3.05) is 13.7 Å². The second-order valence-corrected chi connectivity index (χ2v) is 6.93. The summed E-state index contributed by atoms with van der Waals surface area (Å²) in [5.74, 6) is -0.909. The highest BCUT2D eigenvalue weighted by molar-refractivity contribution is 5.81. The highest BCUT2D eigenvalue weighted by atomic mass is 19.3. The fraction of sp³-hybridized carbons (Fsp3) is 0.364. The van der Waals surface area contributed by atoms with Crippen LogP contribution in [0.3, 0.4) is 0 Å². The number of fused-ring (bicyclic) bond motifs is 1. The van der Waals surface area contributed by atoms with E-state index in [-0.39, 0.29) is 24.5 Å². The first-order chi connectivity index (χ1) is 14.4. The van der Waals surface area contributed by atoms with Gasteiger partial charge in [0.25, 0.3) is 5.91 Å². The zero-order valence-electron chi connectivity index (χ0n) is 16.6. The summed E-state index contributed by atoms with van der Waals surface area (Å²) >= 11 is 0. The van der Waals surface area contributed by atoms with Gasteiger partial charge in [-0.25, -0.2) is 0 Å². The Bertz CT molecular complexity index is 916. The fourth-order valence-corrected chi connectivity index (χ4v) is 3.37. The van der Waals surface area contributed by atoms with Crippen LogP contribution in [0.4, 0.5) is 8.78 Å². The molecule has 0 spiro atoms. The van der Waals surface area contributed by atoms with Gasteiger partial charge in [0.15, 0.2) is 18.1 Å². The molecule has 0 saturated heterocycles. The Morgan fingerprint density at radius 3 is 2.57 bits per heavy atom. The molecule has 0 saturated carbocycles. The van der Waals surface area contributed by atoms with Crippen LogP contribution < -0.4 is 14.8 Å². The maximum absolute atomic E-state index is 12.4. The Balaban J connectivity index is 1.44. The highest BCUT2D eigenvalue weighted by Crippen LogP contribution is 2.29. The van der Waals surface area contributed by atoms with E-state index in [2.05, 4.69) is 10.1 Å². The molecule has 0 heterocycles. The van der Waals surface area contributed by atoms with Crippen LogP contribution in [0.15, 0.2) is 36.4 Å². The highest BCUT2D eigenvalue weighted by Gasteiger charge is 2.14. The summed E-state index contributed by atoms with van der Waals surface area (Å²) < 4.78 is 39.1. The van der Waals surface area contributed by atoms with Crippen LogP contribution in [0.5, 0.6) is 11.5 Å². The number of nitrogens with one attached hydrogen (secondary N) is 1. The molecule has 1 aliphatic rings. The van der Waals surface area contributed by atoms with Crippen molar-refractivity contribution in [3.63, 3.8) is 0 Å². The summed E-state index contributed by atoms with van der Waals surface area (Å²) in [6.07, 6.45) is 3.36. The molecule has 0 fully saturated rings. The molecule has 8 heteroatoms. The van der Waals surface area contributed by atoms with Crippen LogP contribution in [0.25, 0.3) is 0 Å². The Morgan fingerprint density at radius 2 is 1.80 bits per heavy atom. The Labute approximate surface area is 173 Å². The molecular formula is C22H23F2NO5. The average molecular weight is 419 g/mol. The number of amides is 1. The van der Waals surface area contributed by atoms with E-state index in [1.54, 1.807) is 0 Å². The number of carbonyl (C=O) groups excluding carboxylic acids is 2. The van der Waals surface area contributed by atoms with E-state index in [4.69, 9.17) is 9.47 Å². The Hall–Kier alpha value is -3.16. The lowest BCUT2D eigenvalue weighted by atomic mass is 10.0. The summed E-state index contributed by atoms with van der Waals surface area (Å²) in [6, 6.07) is 10.3. The Kier molecular flexibility index (Phi) is 7.21. The van der Waals surface area contributed by atoms with E-state index in [1.807, 2.05) is 18.2 Å². The van der Waals surface area contributed by atoms with Crippen LogP contribution in [0.2, 0.25) is 0 Å². The molecule has 0 aromatic heterocycles. The number of methoxy groups -OCH3 is 1. The number of esters is 1. The van der Waals surface area contributed by atoms with Crippen molar-refractivity contribution in [3.05, 3.63) is 58.7 Å². The minimum atomic E-state index is -2.96. The van der Waals surface area contributed by atoms with Gasteiger partial charge in [0.05, 0.1) is 13.5 Å². The average Bonchev–Trinajstić information content (AvgIpc) is 3.19. The van der Waals surface area contributed by atoms with Crippen molar-refractivity contribution in [3.8, 4) is 11.5 Å². The van der Waals surface area contributed by atoms with E-state index in [0.717, 1.165) is 24.8 Å². The number of rotatable bonds is 9. The molecule has 0 unspecified atom stereocenters. The third kappa shape index (κ3) is 5.92. The SMILES string of the molecule is COc1cc(CNC(=O)COC(=O)Cc2ccc3c(c2)CCC3)ccc1OC(F)F. The van der Waals surface area contributed by atoms with Gasteiger partial charge in [0.1, 0.15) is 0 Å². The lowest BCUT2D eigenvalue weighted by molar-refractivity contribution is -0.147. The third-order valence-corrected chi connectivity index (χ3v) is 4.81. The van der Waals surface area contributed by atoms with E-state index in [9.17, 15) is 18.4 Å². The number of hydrogen-bond acceptors (Lipinski definition) is 5. The normalized spacial score (nSPS) is 12.4. The number of alkyl halides is 2. The van der Waals surface area contributed by atoms with Crippen molar-refractivity contribution in [2.24, 2.45) is 0 Å². The maximum Gasteiger partial charge on any atom is 0.387 e. The second-order valence-electron chi connectivity index (χ2n) is 6.93. The summed E-state index contributed by atoms with van der Waals surface area (Å²) in [6.45, 7) is -3.24. The van der Waals surface area contributed by atoms with Gasteiger partial charge < -0.3 is 19.5 Å². The molecule has 30 heavy (non-hydrogen) atoms. The van der Waals surface area contributed by atoms with E-state index < -0.39 is 25.1 Å². The van der Waals surface area contributed by atoms with Crippen molar-refractivity contribution >= 4 is 11.9 Å². The number of hydrogen-bond donors (Lipinski definition) is 1. The summed E-state index contributed by atoms with van der Waals surface area (Å²) in [7, 11) is 1.33. The third-order valence-electron chi connectivity index (χ3n) is 4.81. The molecule has 0 atom stereocenters. The Morgan fingerprint density at radius 1 is 1.03 bits per heavy atom. The van der Waals surface area contributed by atoms with Gasteiger partial charge in [0, 0.05) is 6.54 Å². The smallest absolute Gasteiger partial charge is 0.387 e. The predicted octanol–water partition coefficient (Wildman–Crippen LogP) is 3.19. The zero-order valence-corrected chi connectivity index (χ0v) is 16.6. The molecule has 0 aliphatic heterocycles. The van der Waals surface area contributed by atoms with Gasteiger partial charge in [-0.2, -0.15) is 8.78 Å². The molecule has 6 nitrogen and oxygen atoms in total. The first-order valence-electron chi connectivity index (χ1n) is 9.59. The van der Waals surface area contributed by atoms with Crippen molar-refractivity contribution in [1.82, 2.24) is 5.32 Å². The molecule has 1 amide bonds. The van der Waals surface area contributed by atoms with Crippen LogP contribution >= 0.6 is 0 Å². The molecule has 2 aromatic rings. The molecular weight excluding hydrogens is 396 g/mol. The summed E-state index contributed by atoms with van der Waals surface area (Å²) in [5.41, 5.74) is 4.10. The summed E-state index contributed by atoms with van der Waals surface area (Å²) in [5, 5.41) is 2.60. The van der Waals surface area contributed by atoms with E-state index in [0.29, 0.717) is 5.56 Å².